The molecule has 5 heteroatoms. The fourth-order valence-corrected chi connectivity index (χ4v) is 3.65. The highest BCUT2D eigenvalue weighted by Gasteiger charge is 2.24. The van der Waals surface area contributed by atoms with Gasteiger partial charge in [-0.15, -0.1) is 0 Å². The fourth-order valence-electron chi connectivity index (χ4n) is 3.65. The zero-order chi connectivity index (χ0) is 19.7. The molecule has 2 aromatic carbocycles. The molecule has 1 N–H and O–H groups in total. The van der Waals surface area contributed by atoms with Crippen LogP contribution >= 0.6 is 0 Å². The molecule has 0 bridgehead atoms. The summed E-state index contributed by atoms with van der Waals surface area (Å²) < 4.78 is 14.0. The van der Waals surface area contributed by atoms with Crippen LogP contribution in [0.15, 0.2) is 48.7 Å². The Morgan fingerprint density at radius 3 is 2.50 bits per heavy atom. The number of likely N-dealkylation sites (tertiary alicyclic amines) is 1. The summed E-state index contributed by atoms with van der Waals surface area (Å²) >= 11 is 0. The molecule has 0 aliphatic carbocycles. The van der Waals surface area contributed by atoms with E-state index in [0.717, 1.165) is 31.6 Å². The summed E-state index contributed by atoms with van der Waals surface area (Å²) in [5.74, 6) is 0.0351. The summed E-state index contributed by atoms with van der Waals surface area (Å²) in [7, 11) is 0. The predicted octanol–water partition coefficient (Wildman–Crippen LogP) is 5.48. The van der Waals surface area contributed by atoms with Gasteiger partial charge in [-0.2, -0.15) is 0 Å². The fraction of sp³-hybridized carbons (Fsp3) is 0.304. The average Bonchev–Trinajstić information content (AvgIpc) is 3.23. The number of nitrogens with one attached hydrogen (secondary N) is 1. The molecule has 2 heterocycles. The Balaban J connectivity index is 1.79. The quantitative estimate of drug-likeness (QED) is 0.655. The number of carbonyl (C=O) groups is 1. The lowest BCUT2D eigenvalue weighted by molar-refractivity contribution is 0.0793. The second-order valence-corrected chi connectivity index (χ2v) is 7.61. The molecule has 1 saturated heterocycles. The Morgan fingerprint density at radius 1 is 1.11 bits per heavy atom. The molecule has 0 atom stereocenters. The van der Waals surface area contributed by atoms with Crippen LogP contribution in [0.4, 0.5) is 15.8 Å². The van der Waals surface area contributed by atoms with E-state index in [2.05, 4.69) is 36.3 Å². The first kappa shape index (κ1) is 18.4. The third-order valence-corrected chi connectivity index (χ3v) is 5.30. The van der Waals surface area contributed by atoms with Crippen molar-refractivity contribution in [2.24, 2.45) is 0 Å². The predicted molar refractivity (Wildman–Crippen MR) is 111 cm³/mol. The molecule has 1 aromatic heterocycles. The largest absolute Gasteiger partial charge is 0.354 e. The van der Waals surface area contributed by atoms with E-state index in [1.54, 1.807) is 12.3 Å². The number of hydrogen-bond acceptors (Lipinski definition) is 3. The van der Waals surface area contributed by atoms with E-state index in [0.29, 0.717) is 28.1 Å². The SMILES string of the molecule is CC(C)c1ccc(Nc2c(C(=O)N3CCCC3)cnc3ccc(F)cc23)cc1. The van der Waals surface area contributed by atoms with Crippen molar-refractivity contribution in [3.8, 4) is 0 Å². The van der Waals surface area contributed by atoms with Gasteiger partial charge in [-0.3, -0.25) is 9.78 Å². The molecule has 0 saturated carbocycles. The Hall–Kier alpha value is -2.95. The van der Waals surface area contributed by atoms with Crippen LogP contribution in [0.25, 0.3) is 10.9 Å². The minimum absolute atomic E-state index is 0.0579. The van der Waals surface area contributed by atoms with Gasteiger partial charge in [0.2, 0.25) is 0 Å². The summed E-state index contributed by atoms with van der Waals surface area (Å²) in [6, 6.07) is 12.6. The van der Waals surface area contributed by atoms with Gasteiger partial charge in [-0.05, 0) is 54.7 Å². The highest BCUT2D eigenvalue weighted by Crippen LogP contribution is 2.31. The van der Waals surface area contributed by atoms with Gasteiger partial charge in [0, 0.05) is 30.4 Å². The maximum atomic E-state index is 14.0. The first-order valence-electron chi connectivity index (χ1n) is 9.77. The number of aromatic nitrogens is 1. The zero-order valence-corrected chi connectivity index (χ0v) is 16.2. The van der Waals surface area contributed by atoms with E-state index in [4.69, 9.17) is 0 Å². The molecule has 4 nitrogen and oxygen atoms in total. The minimum Gasteiger partial charge on any atom is -0.354 e. The monoisotopic (exact) mass is 377 g/mol. The highest BCUT2D eigenvalue weighted by atomic mass is 19.1. The first-order chi connectivity index (χ1) is 13.5. The van der Waals surface area contributed by atoms with Crippen LogP contribution in [0.3, 0.4) is 0 Å². The van der Waals surface area contributed by atoms with E-state index in [1.807, 2.05) is 17.0 Å². The molecule has 28 heavy (non-hydrogen) atoms. The molecule has 0 radical (unpaired) electrons. The van der Waals surface area contributed by atoms with Crippen molar-refractivity contribution in [1.29, 1.82) is 0 Å². The summed E-state index contributed by atoms with van der Waals surface area (Å²) in [5.41, 5.74) is 3.84. The Kier molecular flexibility index (Phi) is 4.99. The van der Waals surface area contributed by atoms with E-state index in [1.165, 1.54) is 17.7 Å². The number of fused-ring (bicyclic) bond motifs is 1. The lowest BCUT2D eigenvalue weighted by Crippen LogP contribution is -2.28. The minimum atomic E-state index is -0.349. The summed E-state index contributed by atoms with van der Waals surface area (Å²) in [6.45, 7) is 5.80. The number of rotatable bonds is 4. The first-order valence-corrected chi connectivity index (χ1v) is 9.77. The number of halogens is 1. The number of pyridine rings is 1. The van der Waals surface area contributed by atoms with Gasteiger partial charge in [0.25, 0.3) is 5.91 Å². The van der Waals surface area contributed by atoms with Crippen LogP contribution in [0.1, 0.15) is 48.5 Å². The summed E-state index contributed by atoms with van der Waals surface area (Å²) in [4.78, 5) is 19.3. The van der Waals surface area contributed by atoms with Crippen LogP contribution in [0.2, 0.25) is 0 Å². The molecule has 0 unspecified atom stereocenters. The maximum absolute atomic E-state index is 14.0. The number of benzene rings is 2. The third kappa shape index (κ3) is 3.57. The molecule has 0 spiro atoms. The molecule has 1 aliphatic rings. The molecular weight excluding hydrogens is 353 g/mol. The third-order valence-electron chi connectivity index (χ3n) is 5.30. The van der Waals surface area contributed by atoms with Crippen LogP contribution in [-0.4, -0.2) is 28.9 Å². The van der Waals surface area contributed by atoms with Gasteiger partial charge >= 0.3 is 0 Å². The molecule has 1 fully saturated rings. The standard InChI is InChI=1S/C23H24FN3O/c1-15(2)16-5-8-18(9-6-16)26-22-19-13-17(24)7-10-21(19)25-14-20(22)23(28)27-11-3-4-12-27/h5-10,13-15H,3-4,11-12H2,1-2H3,(H,25,26). The average molecular weight is 377 g/mol. The smallest absolute Gasteiger partial charge is 0.257 e. The van der Waals surface area contributed by atoms with Crippen LogP contribution in [-0.2, 0) is 0 Å². The van der Waals surface area contributed by atoms with Gasteiger partial charge in [0.05, 0.1) is 16.8 Å². The maximum Gasteiger partial charge on any atom is 0.257 e. The van der Waals surface area contributed by atoms with Gasteiger partial charge in [0.15, 0.2) is 0 Å². The van der Waals surface area contributed by atoms with Crippen LogP contribution < -0.4 is 5.32 Å². The normalized spacial score (nSPS) is 14.1. The number of nitrogens with zero attached hydrogens (tertiary/aromatic N) is 2. The molecule has 144 valence electrons. The van der Waals surface area contributed by atoms with Crippen LogP contribution in [0.5, 0.6) is 0 Å². The van der Waals surface area contributed by atoms with Crippen molar-refractivity contribution in [2.45, 2.75) is 32.6 Å². The van der Waals surface area contributed by atoms with Gasteiger partial charge < -0.3 is 10.2 Å². The van der Waals surface area contributed by atoms with E-state index >= 15 is 0 Å². The Bertz CT molecular complexity index is 1010. The van der Waals surface area contributed by atoms with Crippen molar-refractivity contribution >= 4 is 28.2 Å². The van der Waals surface area contributed by atoms with Crippen molar-refractivity contribution in [2.75, 3.05) is 18.4 Å². The van der Waals surface area contributed by atoms with Crippen molar-refractivity contribution in [3.05, 3.63) is 65.6 Å². The van der Waals surface area contributed by atoms with E-state index in [9.17, 15) is 9.18 Å². The van der Waals surface area contributed by atoms with Gasteiger partial charge in [-0.25, -0.2) is 4.39 Å². The molecule has 3 aromatic rings. The highest BCUT2D eigenvalue weighted by molar-refractivity contribution is 6.08. The Morgan fingerprint density at radius 2 is 1.82 bits per heavy atom. The lowest BCUT2D eigenvalue weighted by Gasteiger charge is -2.20. The molecule has 4 rings (SSSR count). The number of anilines is 2. The van der Waals surface area contributed by atoms with Crippen molar-refractivity contribution in [1.82, 2.24) is 9.88 Å². The topological polar surface area (TPSA) is 45.2 Å². The summed E-state index contributed by atoms with van der Waals surface area (Å²) in [5, 5.41) is 3.97. The van der Waals surface area contributed by atoms with Gasteiger partial charge in [-0.1, -0.05) is 26.0 Å². The van der Waals surface area contributed by atoms with E-state index in [-0.39, 0.29) is 11.7 Å². The van der Waals surface area contributed by atoms with Crippen LogP contribution in [0, 0.1) is 5.82 Å². The number of amides is 1. The molecule has 1 aliphatic heterocycles. The van der Waals surface area contributed by atoms with Gasteiger partial charge in [0.1, 0.15) is 5.82 Å². The summed E-state index contributed by atoms with van der Waals surface area (Å²) in [6.07, 6.45) is 3.63. The lowest BCUT2D eigenvalue weighted by atomic mass is 10.0. The molecule has 1 amide bonds. The van der Waals surface area contributed by atoms with E-state index < -0.39 is 0 Å². The van der Waals surface area contributed by atoms with Crippen molar-refractivity contribution in [3.63, 3.8) is 0 Å². The number of carbonyl (C=O) groups excluding carboxylic acids is 1. The Labute approximate surface area is 164 Å². The second kappa shape index (κ2) is 7.58. The number of hydrogen-bond donors (Lipinski definition) is 1. The van der Waals surface area contributed by atoms with Crippen molar-refractivity contribution < 1.29 is 9.18 Å². The second-order valence-electron chi connectivity index (χ2n) is 7.61. The molecular formula is C23H24FN3O. The zero-order valence-electron chi connectivity index (χ0n) is 16.2.